The maximum absolute atomic E-state index is 14.2. The van der Waals surface area contributed by atoms with Crippen molar-refractivity contribution < 1.29 is 23.4 Å². The topological polar surface area (TPSA) is 84.3 Å². The lowest BCUT2D eigenvalue weighted by Crippen LogP contribution is -2.24. The van der Waals surface area contributed by atoms with Crippen molar-refractivity contribution in [2.45, 2.75) is 20.1 Å². The molecule has 3 aromatic rings. The molecule has 6 nitrogen and oxygen atoms in total. The standard InChI is InChI=1S/C21H19F2N3O3/c1-2-29-21-18(23)8-13(11-26-21)10-25-20(28)16-9-14(5-6-17(16)22)19-15(12-27)4-3-7-24-19/h3-9,11,27H,2,10,12H2,1H3,(H,25,28). The molecule has 0 unspecified atom stereocenters. The molecule has 0 saturated heterocycles. The number of carbonyl (C=O) groups excluding carboxylic acids is 1. The average molecular weight is 399 g/mol. The Balaban J connectivity index is 1.78. The monoisotopic (exact) mass is 399 g/mol. The summed E-state index contributed by atoms with van der Waals surface area (Å²) in [6, 6.07) is 8.59. The summed E-state index contributed by atoms with van der Waals surface area (Å²) in [5.41, 5.74) is 1.73. The second kappa shape index (κ2) is 9.20. The van der Waals surface area contributed by atoms with Crippen LogP contribution < -0.4 is 10.1 Å². The van der Waals surface area contributed by atoms with Gasteiger partial charge in [0.25, 0.3) is 5.91 Å². The molecule has 0 aliphatic rings. The van der Waals surface area contributed by atoms with E-state index in [9.17, 15) is 18.7 Å². The number of halogens is 2. The zero-order valence-corrected chi connectivity index (χ0v) is 15.7. The van der Waals surface area contributed by atoms with Crippen molar-refractivity contribution in [1.29, 1.82) is 0 Å². The summed E-state index contributed by atoms with van der Waals surface area (Å²) in [6.07, 6.45) is 2.92. The van der Waals surface area contributed by atoms with Crippen LogP contribution >= 0.6 is 0 Å². The number of amides is 1. The molecule has 0 aliphatic carbocycles. The number of aliphatic hydroxyl groups excluding tert-OH is 1. The number of hydrogen-bond donors (Lipinski definition) is 2. The van der Waals surface area contributed by atoms with Gasteiger partial charge in [0.15, 0.2) is 5.82 Å². The Labute approximate surface area is 166 Å². The van der Waals surface area contributed by atoms with Gasteiger partial charge in [0.1, 0.15) is 5.82 Å². The smallest absolute Gasteiger partial charge is 0.254 e. The average Bonchev–Trinajstić information content (AvgIpc) is 2.74. The summed E-state index contributed by atoms with van der Waals surface area (Å²) < 4.78 is 33.1. The molecule has 3 rings (SSSR count). The maximum Gasteiger partial charge on any atom is 0.254 e. The van der Waals surface area contributed by atoms with Gasteiger partial charge >= 0.3 is 0 Å². The lowest BCUT2D eigenvalue weighted by atomic mass is 10.0. The molecular weight excluding hydrogens is 380 g/mol. The first-order valence-corrected chi connectivity index (χ1v) is 8.93. The van der Waals surface area contributed by atoms with Gasteiger partial charge in [0.05, 0.1) is 24.5 Å². The van der Waals surface area contributed by atoms with Crippen LogP contribution in [0.5, 0.6) is 5.88 Å². The maximum atomic E-state index is 14.2. The molecule has 0 bridgehead atoms. The van der Waals surface area contributed by atoms with E-state index in [4.69, 9.17) is 4.74 Å². The molecule has 2 heterocycles. The summed E-state index contributed by atoms with van der Waals surface area (Å²) in [4.78, 5) is 20.5. The van der Waals surface area contributed by atoms with Crippen molar-refractivity contribution >= 4 is 5.91 Å². The number of ether oxygens (including phenoxy) is 1. The van der Waals surface area contributed by atoms with Gasteiger partial charge in [-0.1, -0.05) is 6.07 Å². The highest BCUT2D eigenvalue weighted by molar-refractivity contribution is 5.95. The number of rotatable bonds is 7. The minimum absolute atomic E-state index is 0.0374. The molecule has 1 aromatic carbocycles. The van der Waals surface area contributed by atoms with Crippen LogP contribution in [0.25, 0.3) is 11.3 Å². The third-order valence-electron chi connectivity index (χ3n) is 4.14. The SMILES string of the molecule is CCOc1ncc(CNC(=O)c2cc(-c3ncccc3CO)ccc2F)cc1F. The van der Waals surface area contributed by atoms with Crippen LogP contribution in [0.2, 0.25) is 0 Å². The van der Waals surface area contributed by atoms with Gasteiger partial charge < -0.3 is 15.2 Å². The lowest BCUT2D eigenvalue weighted by Gasteiger charge is -2.10. The molecule has 150 valence electrons. The van der Waals surface area contributed by atoms with Crippen LogP contribution in [-0.2, 0) is 13.2 Å². The van der Waals surface area contributed by atoms with E-state index in [-0.39, 0.29) is 31.2 Å². The third kappa shape index (κ3) is 4.72. The molecule has 8 heteroatoms. The summed E-state index contributed by atoms with van der Waals surface area (Å²) in [6.45, 7) is 1.72. The molecule has 2 aromatic heterocycles. The van der Waals surface area contributed by atoms with E-state index in [2.05, 4.69) is 15.3 Å². The van der Waals surface area contributed by atoms with Crippen molar-refractivity contribution in [2.75, 3.05) is 6.61 Å². The first kappa shape index (κ1) is 20.3. The minimum Gasteiger partial charge on any atom is -0.476 e. The van der Waals surface area contributed by atoms with E-state index >= 15 is 0 Å². The van der Waals surface area contributed by atoms with Crippen molar-refractivity contribution in [2.24, 2.45) is 0 Å². The number of aromatic nitrogens is 2. The van der Waals surface area contributed by atoms with Gasteiger partial charge in [0, 0.05) is 30.1 Å². The molecular formula is C21H19F2N3O3. The van der Waals surface area contributed by atoms with Gasteiger partial charge in [-0.05, 0) is 42.8 Å². The van der Waals surface area contributed by atoms with Gasteiger partial charge in [-0.3, -0.25) is 9.78 Å². The van der Waals surface area contributed by atoms with E-state index in [1.807, 2.05) is 0 Å². The van der Waals surface area contributed by atoms with E-state index in [0.29, 0.717) is 22.4 Å². The fraction of sp³-hybridized carbons (Fsp3) is 0.190. The van der Waals surface area contributed by atoms with Crippen LogP contribution in [0.1, 0.15) is 28.4 Å². The fourth-order valence-electron chi connectivity index (χ4n) is 2.75. The first-order chi connectivity index (χ1) is 14.0. The number of nitrogens with zero attached hydrogens (tertiary/aromatic N) is 2. The fourth-order valence-corrected chi connectivity index (χ4v) is 2.75. The van der Waals surface area contributed by atoms with Crippen LogP contribution in [-0.4, -0.2) is 27.6 Å². The van der Waals surface area contributed by atoms with E-state index in [1.165, 1.54) is 24.4 Å². The Morgan fingerprint density at radius 3 is 2.72 bits per heavy atom. The molecule has 2 N–H and O–H groups in total. The molecule has 1 amide bonds. The van der Waals surface area contributed by atoms with E-state index in [0.717, 1.165) is 6.07 Å². The number of pyridine rings is 2. The Hall–Kier alpha value is -3.39. The van der Waals surface area contributed by atoms with E-state index in [1.54, 1.807) is 25.3 Å². The first-order valence-electron chi connectivity index (χ1n) is 8.93. The highest BCUT2D eigenvalue weighted by Gasteiger charge is 2.15. The molecule has 0 fully saturated rings. The number of aliphatic hydroxyl groups is 1. The number of benzene rings is 1. The second-order valence-corrected chi connectivity index (χ2v) is 6.11. The van der Waals surface area contributed by atoms with Crippen LogP contribution in [0.15, 0.2) is 48.8 Å². The van der Waals surface area contributed by atoms with Crippen molar-refractivity contribution in [1.82, 2.24) is 15.3 Å². The number of hydrogen-bond acceptors (Lipinski definition) is 5. The van der Waals surface area contributed by atoms with Crippen molar-refractivity contribution in [3.63, 3.8) is 0 Å². The molecule has 0 spiro atoms. The zero-order valence-electron chi connectivity index (χ0n) is 15.7. The second-order valence-electron chi connectivity index (χ2n) is 6.11. The summed E-state index contributed by atoms with van der Waals surface area (Å²) >= 11 is 0. The molecule has 0 saturated carbocycles. The third-order valence-corrected chi connectivity index (χ3v) is 4.14. The van der Waals surface area contributed by atoms with Gasteiger partial charge in [-0.25, -0.2) is 13.8 Å². The van der Waals surface area contributed by atoms with E-state index < -0.39 is 17.5 Å². The normalized spacial score (nSPS) is 10.6. The summed E-state index contributed by atoms with van der Waals surface area (Å²) in [5.74, 6) is -2.13. The number of carbonyl (C=O) groups is 1. The minimum atomic E-state index is -0.705. The molecule has 0 atom stereocenters. The van der Waals surface area contributed by atoms with Crippen molar-refractivity contribution in [3.8, 4) is 17.1 Å². The highest BCUT2D eigenvalue weighted by Crippen LogP contribution is 2.24. The summed E-state index contributed by atoms with van der Waals surface area (Å²) in [7, 11) is 0. The Bertz CT molecular complexity index is 1030. The quantitative estimate of drug-likeness (QED) is 0.637. The van der Waals surface area contributed by atoms with Crippen molar-refractivity contribution in [3.05, 3.63) is 77.1 Å². The Kier molecular flexibility index (Phi) is 6.46. The van der Waals surface area contributed by atoms with Gasteiger partial charge in [-0.15, -0.1) is 0 Å². The largest absolute Gasteiger partial charge is 0.476 e. The Morgan fingerprint density at radius 2 is 2.00 bits per heavy atom. The predicted octanol–water partition coefficient (Wildman–Crippen LogP) is 3.24. The summed E-state index contributed by atoms with van der Waals surface area (Å²) in [5, 5.41) is 12.0. The van der Waals surface area contributed by atoms with Crippen LogP contribution in [0, 0.1) is 11.6 Å². The highest BCUT2D eigenvalue weighted by atomic mass is 19.1. The Morgan fingerprint density at radius 1 is 1.17 bits per heavy atom. The zero-order chi connectivity index (χ0) is 20.8. The molecule has 0 radical (unpaired) electrons. The van der Waals surface area contributed by atoms with Gasteiger partial charge in [0.2, 0.25) is 5.88 Å². The van der Waals surface area contributed by atoms with Crippen LogP contribution in [0.3, 0.4) is 0 Å². The van der Waals surface area contributed by atoms with Crippen LogP contribution in [0.4, 0.5) is 8.78 Å². The lowest BCUT2D eigenvalue weighted by molar-refractivity contribution is 0.0947. The predicted molar refractivity (Wildman–Crippen MR) is 102 cm³/mol. The number of nitrogens with one attached hydrogen (secondary N) is 1. The van der Waals surface area contributed by atoms with Gasteiger partial charge in [-0.2, -0.15) is 0 Å². The molecule has 29 heavy (non-hydrogen) atoms. The molecule has 0 aliphatic heterocycles.